The Bertz CT molecular complexity index is 516. The molecule has 0 aromatic heterocycles. The highest BCUT2D eigenvalue weighted by Gasteiger charge is 1.96. The van der Waals surface area contributed by atoms with Crippen molar-refractivity contribution in [3.63, 3.8) is 0 Å². The molecule has 0 amide bonds. The lowest BCUT2D eigenvalue weighted by atomic mass is 10.0. The second-order valence-corrected chi connectivity index (χ2v) is 5.42. The second-order valence-electron chi connectivity index (χ2n) is 5.42. The first-order valence-electron chi connectivity index (χ1n) is 8.07. The van der Waals surface area contributed by atoms with E-state index in [0.717, 1.165) is 19.3 Å². The number of nitrogens with zero attached hydrogens (tertiary/aromatic N) is 2. The van der Waals surface area contributed by atoms with Gasteiger partial charge in [0.1, 0.15) is 0 Å². The van der Waals surface area contributed by atoms with Crippen molar-refractivity contribution in [2.75, 3.05) is 6.54 Å². The van der Waals surface area contributed by atoms with Crippen molar-refractivity contribution in [2.24, 2.45) is 9.98 Å². The minimum absolute atomic E-state index is 0.622. The van der Waals surface area contributed by atoms with Crippen LogP contribution >= 0.6 is 0 Å². The minimum atomic E-state index is 0.622. The van der Waals surface area contributed by atoms with Crippen LogP contribution in [0.2, 0.25) is 0 Å². The molecule has 0 atom stereocenters. The first-order valence-corrected chi connectivity index (χ1v) is 8.07. The highest BCUT2D eigenvalue weighted by atomic mass is 16.1. The number of hydrogen-bond donors (Lipinski definition) is 0. The Hall–Kier alpha value is -2.02. The van der Waals surface area contributed by atoms with E-state index in [1.165, 1.54) is 44.1 Å². The van der Waals surface area contributed by atoms with Crippen LogP contribution in [0.1, 0.15) is 56.9 Å². The van der Waals surface area contributed by atoms with Crippen molar-refractivity contribution in [2.45, 2.75) is 57.8 Å². The molecule has 118 valence electrons. The van der Waals surface area contributed by atoms with Crippen LogP contribution in [-0.4, -0.2) is 18.7 Å². The van der Waals surface area contributed by atoms with Crippen LogP contribution in [0.5, 0.6) is 0 Å². The third-order valence-electron chi connectivity index (χ3n) is 3.64. The number of carbonyl (C=O) groups excluding carboxylic acids is 2. The van der Waals surface area contributed by atoms with E-state index in [9.17, 15) is 9.59 Å². The van der Waals surface area contributed by atoms with Gasteiger partial charge in [-0.2, -0.15) is 4.99 Å². The zero-order valence-corrected chi connectivity index (χ0v) is 13.1. The summed E-state index contributed by atoms with van der Waals surface area (Å²) in [5.41, 5.74) is 1.92. The molecular formula is C18H24N2O2. The summed E-state index contributed by atoms with van der Waals surface area (Å²) in [5.74, 6) is 0. The van der Waals surface area contributed by atoms with Crippen LogP contribution in [0, 0.1) is 0 Å². The van der Waals surface area contributed by atoms with Gasteiger partial charge in [-0.25, -0.2) is 14.6 Å². The van der Waals surface area contributed by atoms with E-state index in [2.05, 4.69) is 16.1 Å². The fraction of sp³-hybridized carbons (Fsp3) is 0.556. The summed E-state index contributed by atoms with van der Waals surface area (Å²) in [6.45, 7) is 0.622. The molecule has 1 aromatic carbocycles. The maximum Gasteiger partial charge on any atom is 0.240 e. The predicted molar refractivity (Wildman–Crippen MR) is 87.9 cm³/mol. The summed E-state index contributed by atoms with van der Waals surface area (Å²) in [6.07, 6.45) is 13.7. The van der Waals surface area contributed by atoms with Crippen molar-refractivity contribution in [1.82, 2.24) is 0 Å². The molecule has 0 unspecified atom stereocenters. The van der Waals surface area contributed by atoms with E-state index in [-0.39, 0.29) is 0 Å². The van der Waals surface area contributed by atoms with Crippen LogP contribution in [0.15, 0.2) is 34.3 Å². The highest BCUT2D eigenvalue weighted by Crippen LogP contribution is 2.16. The molecule has 0 fully saturated rings. The van der Waals surface area contributed by atoms with E-state index in [1.54, 1.807) is 12.2 Å². The molecule has 1 aromatic rings. The number of unbranched alkanes of at least 4 members (excludes halogenated alkanes) is 7. The summed E-state index contributed by atoms with van der Waals surface area (Å²) in [4.78, 5) is 27.3. The van der Waals surface area contributed by atoms with Gasteiger partial charge >= 0.3 is 0 Å². The lowest BCUT2D eigenvalue weighted by molar-refractivity contribution is 0.556. The van der Waals surface area contributed by atoms with Crippen molar-refractivity contribution < 1.29 is 9.59 Å². The summed E-state index contributed by atoms with van der Waals surface area (Å²) >= 11 is 0. The zero-order valence-electron chi connectivity index (χ0n) is 13.1. The molecule has 0 aliphatic rings. The molecular weight excluding hydrogens is 276 g/mol. The average Bonchev–Trinajstić information content (AvgIpc) is 2.53. The summed E-state index contributed by atoms with van der Waals surface area (Å²) in [5, 5.41) is 0. The van der Waals surface area contributed by atoms with Gasteiger partial charge < -0.3 is 0 Å². The molecule has 0 radical (unpaired) electrons. The average molecular weight is 300 g/mol. The molecule has 0 aliphatic carbocycles. The van der Waals surface area contributed by atoms with Crippen molar-refractivity contribution in [3.8, 4) is 0 Å². The first kappa shape index (κ1) is 18.0. The van der Waals surface area contributed by atoms with Crippen molar-refractivity contribution >= 4 is 17.8 Å². The molecule has 4 nitrogen and oxygen atoms in total. The third-order valence-corrected chi connectivity index (χ3v) is 3.64. The maximum atomic E-state index is 10.2. The second kappa shape index (κ2) is 12.7. The van der Waals surface area contributed by atoms with Gasteiger partial charge in [0.05, 0.1) is 12.2 Å². The number of hydrogen-bond acceptors (Lipinski definition) is 4. The number of rotatable bonds is 12. The van der Waals surface area contributed by atoms with Gasteiger partial charge in [0.2, 0.25) is 12.2 Å². The zero-order chi connectivity index (χ0) is 15.9. The predicted octanol–water partition coefficient (Wildman–Crippen LogP) is 4.65. The van der Waals surface area contributed by atoms with Crippen LogP contribution < -0.4 is 0 Å². The summed E-state index contributed by atoms with van der Waals surface area (Å²) in [6, 6.07) is 7.77. The van der Waals surface area contributed by atoms with Crippen LogP contribution in [0.4, 0.5) is 5.69 Å². The molecule has 0 aliphatic heterocycles. The fourth-order valence-electron chi connectivity index (χ4n) is 2.46. The van der Waals surface area contributed by atoms with Gasteiger partial charge in [-0.3, -0.25) is 0 Å². The number of aliphatic imine (C=N–C) groups is 2. The van der Waals surface area contributed by atoms with Gasteiger partial charge in [0, 0.05) is 0 Å². The van der Waals surface area contributed by atoms with Crippen LogP contribution in [0.3, 0.4) is 0 Å². The number of benzene rings is 1. The van der Waals surface area contributed by atoms with E-state index >= 15 is 0 Å². The van der Waals surface area contributed by atoms with E-state index < -0.39 is 0 Å². The molecule has 0 saturated heterocycles. The number of aryl methyl sites for hydroxylation is 1. The molecule has 0 N–H and O–H groups in total. The van der Waals surface area contributed by atoms with Gasteiger partial charge in [-0.15, -0.1) is 0 Å². The van der Waals surface area contributed by atoms with Crippen molar-refractivity contribution in [1.29, 1.82) is 0 Å². The van der Waals surface area contributed by atoms with E-state index in [0.29, 0.717) is 12.2 Å². The lowest BCUT2D eigenvalue weighted by Gasteiger charge is -2.03. The fourth-order valence-corrected chi connectivity index (χ4v) is 2.46. The largest absolute Gasteiger partial charge is 0.240 e. The quantitative estimate of drug-likeness (QED) is 0.320. The van der Waals surface area contributed by atoms with Gasteiger partial charge in [0.15, 0.2) is 0 Å². The lowest BCUT2D eigenvalue weighted by Crippen LogP contribution is -1.87. The molecule has 1 rings (SSSR count). The molecule has 0 bridgehead atoms. The standard InChI is InChI=1S/C18H24N2O2/c21-15-19-13-8-6-4-2-1-3-5-7-10-17-11-9-12-18(14-17)20-16-22/h9,11-12,14H,1-8,10,13H2. The Balaban J connectivity index is 2.00. The molecule has 22 heavy (non-hydrogen) atoms. The minimum Gasteiger partial charge on any atom is -0.211 e. The van der Waals surface area contributed by atoms with Crippen LogP contribution in [0.25, 0.3) is 0 Å². The first-order chi connectivity index (χ1) is 10.9. The Morgan fingerprint density at radius 3 is 2.18 bits per heavy atom. The van der Waals surface area contributed by atoms with Gasteiger partial charge in [-0.05, 0) is 37.0 Å². The summed E-state index contributed by atoms with van der Waals surface area (Å²) in [7, 11) is 0. The highest BCUT2D eigenvalue weighted by molar-refractivity contribution is 5.49. The molecule has 0 spiro atoms. The SMILES string of the molecule is O=C=NCCCCCCCCCCc1cccc(N=C=O)c1. The maximum absolute atomic E-state index is 10.2. The van der Waals surface area contributed by atoms with E-state index in [4.69, 9.17) is 0 Å². The molecule has 0 saturated carbocycles. The Morgan fingerprint density at radius 1 is 0.818 bits per heavy atom. The smallest absolute Gasteiger partial charge is 0.211 e. The Kier molecular flexibility index (Phi) is 10.4. The summed E-state index contributed by atoms with van der Waals surface area (Å²) < 4.78 is 0. The molecule has 0 heterocycles. The molecule has 4 heteroatoms. The van der Waals surface area contributed by atoms with Crippen LogP contribution in [-0.2, 0) is 16.0 Å². The van der Waals surface area contributed by atoms with Crippen molar-refractivity contribution in [3.05, 3.63) is 29.8 Å². The topological polar surface area (TPSA) is 58.9 Å². The third kappa shape index (κ3) is 9.02. The van der Waals surface area contributed by atoms with Gasteiger partial charge in [-0.1, -0.05) is 50.7 Å². The van der Waals surface area contributed by atoms with Gasteiger partial charge in [0.25, 0.3) is 0 Å². The van der Waals surface area contributed by atoms with E-state index in [1.807, 2.05) is 18.2 Å². The normalized spacial score (nSPS) is 9.82. The Labute approximate surface area is 132 Å². The number of isocyanates is 2. The Morgan fingerprint density at radius 2 is 1.50 bits per heavy atom. The monoisotopic (exact) mass is 300 g/mol.